The molecule has 0 aliphatic heterocycles. The lowest BCUT2D eigenvalue weighted by atomic mass is 9.96. The highest BCUT2D eigenvalue weighted by Crippen LogP contribution is 2.41. The number of para-hydroxylation sites is 1. The van der Waals surface area contributed by atoms with Gasteiger partial charge in [0, 0.05) is 47.6 Å². The Morgan fingerprint density at radius 3 is 1.88 bits per heavy atom. The van der Waals surface area contributed by atoms with Crippen LogP contribution in [0.2, 0.25) is 0 Å². The Bertz CT molecular complexity index is 2920. The molecular formula is C46H29N3OS. The molecule has 10 aromatic rings. The van der Waals surface area contributed by atoms with E-state index in [-0.39, 0.29) is 0 Å². The molecule has 5 heteroatoms. The van der Waals surface area contributed by atoms with Gasteiger partial charge in [0.05, 0.1) is 0 Å². The molecule has 0 radical (unpaired) electrons. The van der Waals surface area contributed by atoms with Crippen molar-refractivity contribution >= 4 is 53.4 Å². The Balaban J connectivity index is 1.15. The second kappa shape index (κ2) is 11.9. The summed E-state index contributed by atoms with van der Waals surface area (Å²) in [4.78, 5) is 15.6. The van der Waals surface area contributed by atoms with E-state index in [1.54, 1.807) is 11.3 Å². The Morgan fingerprint density at radius 1 is 0.431 bits per heavy atom. The van der Waals surface area contributed by atoms with E-state index in [1.807, 2.05) is 36.4 Å². The molecule has 0 aliphatic rings. The van der Waals surface area contributed by atoms with Crippen molar-refractivity contribution in [3.63, 3.8) is 0 Å². The monoisotopic (exact) mass is 671 g/mol. The van der Waals surface area contributed by atoms with Gasteiger partial charge < -0.3 is 4.42 Å². The van der Waals surface area contributed by atoms with Gasteiger partial charge in [0.2, 0.25) is 0 Å². The van der Waals surface area contributed by atoms with Crippen LogP contribution >= 0.6 is 11.3 Å². The number of hydrogen-bond donors (Lipinski definition) is 0. The largest absolute Gasteiger partial charge is 0.456 e. The predicted molar refractivity (Wildman–Crippen MR) is 212 cm³/mol. The molecule has 0 saturated carbocycles. The van der Waals surface area contributed by atoms with Crippen LogP contribution in [0, 0.1) is 6.92 Å². The second-order valence-electron chi connectivity index (χ2n) is 12.8. The van der Waals surface area contributed by atoms with Gasteiger partial charge in [-0.15, -0.1) is 11.3 Å². The minimum atomic E-state index is 0.614. The third kappa shape index (κ3) is 5.01. The number of thiophene rings is 1. The molecule has 4 nitrogen and oxygen atoms in total. The van der Waals surface area contributed by atoms with Crippen molar-refractivity contribution in [2.75, 3.05) is 0 Å². The number of aromatic nitrogens is 3. The summed E-state index contributed by atoms with van der Waals surface area (Å²) < 4.78 is 8.68. The van der Waals surface area contributed by atoms with Crippen LogP contribution < -0.4 is 0 Å². The molecule has 0 amide bonds. The molecule has 0 bridgehead atoms. The van der Waals surface area contributed by atoms with Crippen molar-refractivity contribution in [1.82, 2.24) is 15.0 Å². The fourth-order valence-corrected chi connectivity index (χ4v) is 8.44. The van der Waals surface area contributed by atoms with E-state index in [9.17, 15) is 0 Å². The van der Waals surface area contributed by atoms with Crippen LogP contribution in [0.3, 0.4) is 0 Å². The molecule has 0 unspecified atom stereocenters. The van der Waals surface area contributed by atoms with Gasteiger partial charge in [-0.25, -0.2) is 15.0 Å². The molecule has 10 rings (SSSR count). The highest BCUT2D eigenvalue weighted by molar-refractivity contribution is 7.26. The van der Waals surface area contributed by atoms with Crippen LogP contribution in [0.4, 0.5) is 0 Å². The van der Waals surface area contributed by atoms with Crippen LogP contribution in [0.15, 0.2) is 162 Å². The third-order valence-corrected chi connectivity index (χ3v) is 10.9. The van der Waals surface area contributed by atoms with Crippen LogP contribution in [-0.2, 0) is 0 Å². The summed E-state index contributed by atoms with van der Waals surface area (Å²) in [5, 5.41) is 4.49. The van der Waals surface area contributed by atoms with E-state index >= 15 is 0 Å². The Hall–Kier alpha value is -6.43. The standard InChI is InChI=1S/C46H29N3OS/c1-28-27-32(25-26-33(28)31-23-21-30(22-24-31)29-11-3-2-4-12-29)44-47-45(37-16-10-19-40-42(37)36-14-5-7-18-39(36)50-40)49-46(48-44)38-17-9-15-35-34-13-6-8-20-41(34)51-43(35)38/h2-27H,1H3. The van der Waals surface area contributed by atoms with Crippen molar-refractivity contribution in [2.45, 2.75) is 6.92 Å². The van der Waals surface area contributed by atoms with Crippen LogP contribution in [0.25, 0.3) is 98.5 Å². The summed E-state index contributed by atoms with van der Waals surface area (Å²) in [6, 6.07) is 55.0. The van der Waals surface area contributed by atoms with Gasteiger partial charge in [-0.3, -0.25) is 0 Å². The summed E-state index contributed by atoms with van der Waals surface area (Å²) in [5.41, 5.74) is 10.4. The van der Waals surface area contributed by atoms with E-state index in [1.165, 1.54) is 42.4 Å². The topological polar surface area (TPSA) is 51.8 Å². The highest BCUT2D eigenvalue weighted by Gasteiger charge is 2.20. The molecule has 3 heterocycles. The van der Waals surface area contributed by atoms with E-state index in [0.29, 0.717) is 17.5 Å². The second-order valence-corrected chi connectivity index (χ2v) is 13.9. The molecule has 0 aliphatic carbocycles. The van der Waals surface area contributed by atoms with Crippen LogP contribution in [-0.4, -0.2) is 15.0 Å². The van der Waals surface area contributed by atoms with Crippen molar-refractivity contribution < 1.29 is 4.42 Å². The Kier molecular flexibility index (Phi) is 6.86. The normalized spacial score (nSPS) is 11.6. The van der Waals surface area contributed by atoms with Crippen LogP contribution in [0.5, 0.6) is 0 Å². The number of benzene rings is 7. The molecular weight excluding hydrogens is 643 g/mol. The summed E-state index contributed by atoms with van der Waals surface area (Å²) in [6.07, 6.45) is 0. The summed E-state index contributed by atoms with van der Waals surface area (Å²) in [5.74, 6) is 1.89. The van der Waals surface area contributed by atoms with Crippen molar-refractivity contribution in [3.8, 4) is 56.4 Å². The smallest absolute Gasteiger partial charge is 0.165 e. The first-order valence-electron chi connectivity index (χ1n) is 17.0. The number of fused-ring (bicyclic) bond motifs is 6. The average molecular weight is 672 g/mol. The summed E-state index contributed by atoms with van der Waals surface area (Å²) in [6.45, 7) is 2.16. The van der Waals surface area contributed by atoms with Gasteiger partial charge in [0.25, 0.3) is 0 Å². The summed E-state index contributed by atoms with van der Waals surface area (Å²) >= 11 is 1.78. The average Bonchev–Trinajstić information content (AvgIpc) is 3.77. The van der Waals surface area contributed by atoms with Crippen LogP contribution in [0.1, 0.15) is 5.56 Å². The lowest BCUT2D eigenvalue weighted by Gasteiger charge is -2.12. The number of hydrogen-bond acceptors (Lipinski definition) is 5. The van der Waals surface area contributed by atoms with Crippen molar-refractivity contribution in [1.29, 1.82) is 0 Å². The van der Waals surface area contributed by atoms with Gasteiger partial charge in [-0.1, -0.05) is 127 Å². The number of aryl methyl sites for hydroxylation is 1. The first kappa shape index (κ1) is 29.5. The van der Waals surface area contributed by atoms with Gasteiger partial charge in [0.1, 0.15) is 11.2 Å². The minimum Gasteiger partial charge on any atom is -0.456 e. The van der Waals surface area contributed by atoms with Crippen molar-refractivity contribution in [3.05, 3.63) is 163 Å². The molecule has 240 valence electrons. The molecule has 3 aromatic heterocycles. The fraction of sp³-hybridized carbons (Fsp3) is 0.0217. The number of nitrogens with zero attached hydrogens (tertiary/aromatic N) is 3. The van der Waals surface area contributed by atoms with Gasteiger partial charge in [-0.2, -0.15) is 0 Å². The van der Waals surface area contributed by atoms with Gasteiger partial charge >= 0.3 is 0 Å². The maximum Gasteiger partial charge on any atom is 0.165 e. The molecule has 51 heavy (non-hydrogen) atoms. The molecule has 0 atom stereocenters. The quantitative estimate of drug-likeness (QED) is 0.183. The zero-order valence-corrected chi connectivity index (χ0v) is 28.5. The lowest BCUT2D eigenvalue weighted by molar-refractivity contribution is 0.669. The predicted octanol–water partition coefficient (Wildman–Crippen LogP) is 12.8. The Labute approximate surface area is 298 Å². The van der Waals surface area contributed by atoms with E-state index < -0.39 is 0 Å². The number of rotatable bonds is 5. The lowest BCUT2D eigenvalue weighted by Crippen LogP contribution is -2.01. The van der Waals surface area contributed by atoms with E-state index in [0.717, 1.165) is 44.2 Å². The molecule has 0 fully saturated rings. The van der Waals surface area contributed by atoms with Crippen molar-refractivity contribution in [2.24, 2.45) is 0 Å². The maximum atomic E-state index is 6.27. The first-order valence-corrected chi connectivity index (χ1v) is 17.8. The molecule has 0 saturated heterocycles. The molecule has 0 spiro atoms. The molecule has 0 N–H and O–H groups in total. The number of furan rings is 1. The molecule has 7 aromatic carbocycles. The van der Waals surface area contributed by atoms with Gasteiger partial charge in [-0.05, 0) is 65.1 Å². The minimum absolute atomic E-state index is 0.614. The fourth-order valence-electron chi connectivity index (χ4n) is 7.23. The zero-order valence-electron chi connectivity index (χ0n) is 27.7. The SMILES string of the molecule is Cc1cc(-c2nc(-c3cccc4c3sc3ccccc34)nc(-c3cccc4oc5ccccc5c34)n2)ccc1-c1ccc(-c2ccccc2)cc1. The maximum absolute atomic E-state index is 6.27. The van der Waals surface area contributed by atoms with E-state index in [4.69, 9.17) is 19.4 Å². The zero-order chi connectivity index (χ0) is 33.9. The first-order chi connectivity index (χ1) is 25.2. The third-order valence-electron chi connectivity index (χ3n) is 9.71. The summed E-state index contributed by atoms with van der Waals surface area (Å²) in [7, 11) is 0. The van der Waals surface area contributed by atoms with E-state index in [2.05, 4.69) is 128 Å². The highest BCUT2D eigenvalue weighted by atomic mass is 32.1. The van der Waals surface area contributed by atoms with Gasteiger partial charge in [0.15, 0.2) is 17.5 Å². The Morgan fingerprint density at radius 2 is 1.04 bits per heavy atom.